The fourth-order valence-electron chi connectivity index (χ4n) is 2.91. The number of hydrogen-bond donors (Lipinski definition) is 0. The van der Waals surface area contributed by atoms with Crippen LogP contribution in [0.5, 0.6) is 11.5 Å². The molecule has 2 aromatic rings. The average Bonchev–Trinajstić information content (AvgIpc) is 3.08. The first-order valence-corrected chi connectivity index (χ1v) is 11.3. The number of amidine groups is 1. The Morgan fingerprint density at radius 2 is 1.94 bits per heavy atom. The van der Waals surface area contributed by atoms with E-state index in [1.54, 1.807) is 42.2 Å². The van der Waals surface area contributed by atoms with Gasteiger partial charge in [0.1, 0.15) is 5.82 Å². The lowest BCUT2D eigenvalue weighted by Crippen LogP contribution is -2.28. The molecule has 10 heteroatoms. The van der Waals surface area contributed by atoms with Crippen LogP contribution in [0, 0.1) is 5.82 Å². The van der Waals surface area contributed by atoms with E-state index in [0.29, 0.717) is 40.2 Å². The largest absolute Gasteiger partial charge is 0.490 e. The maximum Gasteiger partial charge on any atom is 0.343 e. The molecule has 0 atom stereocenters. The molecule has 0 N–H and O–H groups in total. The standard InChI is InChI=1S/C23H22ClFN2O5S/c1-4-27-22(29)19(33-23(27)26-16-8-6-15(25)7-9-16)12-14-10-17(24)21(18(11-14)31-5-2)32-13-20(28)30-3/h6-12H,4-5,13H2,1-3H3/b19-12+,26-23?. The lowest BCUT2D eigenvalue weighted by Gasteiger charge is -2.14. The molecule has 1 heterocycles. The summed E-state index contributed by atoms with van der Waals surface area (Å²) in [7, 11) is 1.26. The van der Waals surface area contributed by atoms with Crippen molar-refractivity contribution in [2.24, 2.45) is 4.99 Å². The van der Waals surface area contributed by atoms with E-state index >= 15 is 0 Å². The Morgan fingerprint density at radius 3 is 2.58 bits per heavy atom. The molecular formula is C23H22ClFN2O5S. The van der Waals surface area contributed by atoms with E-state index in [1.165, 1.54) is 31.0 Å². The summed E-state index contributed by atoms with van der Waals surface area (Å²) in [5.41, 5.74) is 1.16. The van der Waals surface area contributed by atoms with Crippen LogP contribution in [-0.4, -0.2) is 48.8 Å². The van der Waals surface area contributed by atoms with Crippen molar-refractivity contribution in [2.45, 2.75) is 13.8 Å². The number of likely N-dealkylation sites (N-methyl/N-ethyl adjacent to an activating group) is 1. The van der Waals surface area contributed by atoms with Crippen molar-refractivity contribution in [3.8, 4) is 11.5 Å². The van der Waals surface area contributed by atoms with Crippen molar-refractivity contribution in [1.29, 1.82) is 0 Å². The maximum atomic E-state index is 13.2. The van der Waals surface area contributed by atoms with Crippen LogP contribution in [0.15, 0.2) is 46.3 Å². The second kappa shape index (κ2) is 11.2. The van der Waals surface area contributed by atoms with E-state index in [0.717, 1.165) is 0 Å². The first-order chi connectivity index (χ1) is 15.9. The highest BCUT2D eigenvalue weighted by Crippen LogP contribution is 2.39. The van der Waals surface area contributed by atoms with Gasteiger partial charge in [-0.1, -0.05) is 11.6 Å². The number of methoxy groups -OCH3 is 1. The highest BCUT2D eigenvalue weighted by atomic mass is 35.5. The number of halogens is 2. The van der Waals surface area contributed by atoms with Crippen LogP contribution in [0.3, 0.4) is 0 Å². The number of ether oxygens (including phenoxy) is 3. The van der Waals surface area contributed by atoms with Crippen molar-refractivity contribution >= 4 is 52.2 Å². The van der Waals surface area contributed by atoms with Crippen LogP contribution in [-0.2, 0) is 14.3 Å². The van der Waals surface area contributed by atoms with E-state index in [9.17, 15) is 14.0 Å². The van der Waals surface area contributed by atoms with Gasteiger partial charge in [0.2, 0.25) is 0 Å². The summed E-state index contributed by atoms with van der Waals surface area (Å²) in [4.78, 5) is 30.8. The lowest BCUT2D eigenvalue weighted by atomic mass is 10.1. The van der Waals surface area contributed by atoms with Crippen molar-refractivity contribution in [2.75, 3.05) is 26.9 Å². The van der Waals surface area contributed by atoms with Gasteiger partial charge in [-0.25, -0.2) is 14.2 Å². The molecule has 0 spiro atoms. The third-order valence-corrected chi connectivity index (χ3v) is 5.73. The summed E-state index contributed by atoms with van der Waals surface area (Å²) in [6, 6.07) is 9.01. The number of amides is 1. The maximum absolute atomic E-state index is 13.2. The number of rotatable bonds is 8. The van der Waals surface area contributed by atoms with Crippen LogP contribution in [0.1, 0.15) is 19.4 Å². The smallest absolute Gasteiger partial charge is 0.343 e. The van der Waals surface area contributed by atoms with Gasteiger partial charge in [0, 0.05) is 6.54 Å². The molecule has 0 radical (unpaired) electrons. The van der Waals surface area contributed by atoms with Gasteiger partial charge < -0.3 is 14.2 Å². The van der Waals surface area contributed by atoms with Gasteiger partial charge in [0.05, 0.1) is 29.3 Å². The van der Waals surface area contributed by atoms with Gasteiger partial charge in [0.25, 0.3) is 5.91 Å². The van der Waals surface area contributed by atoms with Gasteiger partial charge >= 0.3 is 5.97 Å². The fourth-order valence-corrected chi connectivity index (χ4v) is 4.25. The molecule has 3 rings (SSSR count). The minimum Gasteiger partial charge on any atom is -0.490 e. The number of esters is 1. The molecule has 174 valence electrons. The zero-order valence-corrected chi connectivity index (χ0v) is 19.8. The van der Waals surface area contributed by atoms with Crippen LogP contribution in [0.25, 0.3) is 6.08 Å². The predicted molar refractivity (Wildman–Crippen MR) is 127 cm³/mol. The van der Waals surface area contributed by atoms with Gasteiger partial charge in [-0.3, -0.25) is 9.69 Å². The van der Waals surface area contributed by atoms with E-state index in [2.05, 4.69) is 9.73 Å². The topological polar surface area (TPSA) is 77.4 Å². The molecule has 2 aromatic carbocycles. The number of thioether (sulfide) groups is 1. The van der Waals surface area contributed by atoms with Crippen LogP contribution < -0.4 is 9.47 Å². The molecule has 1 amide bonds. The molecule has 1 aliphatic heterocycles. The van der Waals surface area contributed by atoms with Crippen molar-refractivity contribution in [3.05, 3.63) is 57.7 Å². The summed E-state index contributed by atoms with van der Waals surface area (Å²) < 4.78 is 28.9. The molecule has 0 aliphatic carbocycles. The minimum absolute atomic E-state index is 0.205. The quantitative estimate of drug-likeness (QED) is 0.379. The molecule has 33 heavy (non-hydrogen) atoms. The summed E-state index contributed by atoms with van der Waals surface area (Å²) in [5, 5.41) is 0.717. The third kappa shape index (κ3) is 6.06. The van der Waals surface area contributed by atoms with Crippen molar-refractivity contribution in [3.63, 3.8) is 0 Å². The second-order valence-corrected chi connectivity index (χ2v) is 8.07. The molecule has 7 nitrogen and oxygen atoms in total. The molecule has 1 fully saturated rings. The first kappa shape index (κ1) is 24.6. The van der Waals surface area contributed by atoms with Crippen molar-refractivity contribution < 1.29 is 28.2 Å². The molecule has 1 saturated heterocycles. The number of nitrogens with zero attached hydrogens (tertiary/aromatic N) is 2. The van der Waals surface area contributed by atoms with E-state index < -0.39 is 5.97 Å². The van der Waals surface area contributed by atoms with Crippen LogP contribution in [0.2, 0.25) is 5.02 Å². The Hall–Kier alpha value is -3.04. The SMILES string of the molecule is CCOc1cc(/C=C2/SC(=Nc3ccc(F)cc3)N(CC)C2=O)cc(Cl)c1OCC(=O)OC. The monoisotopic (exact) mass is 492 g/mol. The molecule has 0 unspecified atom stereocenters. The van der Waals surface area contributed by atoms with E-state index in [-0.39, 0.29) is 29.1 Å². The van der Waals surface area contributed by atoms with E-state index in [4.69, 9.17) is 21.1 Å². The molecule has 0 aromatic heterocycles. The fraction of sp³-hybridized carbons (Fsp3) is 0.261. The van der Waals surface area contributed by atoms with Gasteiger partial charge in [-0.15, -0.1) is 0 Å². The number of benzene rings is 2. The highest BCUT2D eigenvalue weighted by molar-refractivity contribution is 8.18. The van der Waals surface area contributed by atoms with Gasteiger partial charge in [-0.05, 0) is 73.6 Å². The van der Waals surface area contributed by atoms with Gasteiger partial charge in [0.15, 0.2) is 23.3 Å². The predicted octanol–water partition coefficient (Wildman–Crippen LogP) is 5.05. The third-order valence-electron chi connectivity index (χ3n) is 4.45. The van der Waals surface area contributed by atoms with Crippen molar-refractivity contribution in [1.82, 2.24) is 4.90 Å². The summed E-state index contributed by atoms with van der Waals surface area (Å²) in [6.07, 6.45) is 1.68. The zero-order chi connectivity index (χ0) is 24.0. The first-order valence-electron chi connectivity index (χ1n) is 10.1. The molecule has 0 saturated carbocycles. The Kier molecular flexibility index (Phi) is 8.35. The summed E-state index contributed by atoms with van der Waals surface area (Å²) in [6.45, 7) is 4.10. The van der Waals surface area contributed by atoms with Crippen LogP contribution in [0.4, 0.5) is 10.1 Å². The second-order valence-electron chi connectivity index (χ2n) is 6.66. The Labute approximate surface area is 200 Å². The zero-order valence-electron chi connectivity index (χ0n) is 18.3. The number of carbonyl (C=O) groups is 2. The van der Waals surface area contributed by atoms with Crippen LogP contribution >= 0.6 is 23.4 Å². The highest BCUT2D eigenvalue weighted by Gasteiger charge is 2.32. The Bertz CT molecular complexity index is 1100. The number of hydrogen-bond acceptors (Lipinski definition) is 7. The molecule has 0 bridgehead atoms. The molecular weight excluding hydrogens is 471 g/mol. The number of aliphatic imine (C=N–C) groups is 1. The lowest BCUT2D eigenvalue weighted by molar-refractivity contribution is -0.142. The normalized spacial score (nSPS) is 15.9. The Balaban J connectivity index is 1.91. The Morgan fingerprint density at radius 1 is 1.21 bits per heavy atom. The average molecular weight is 493 g/mol. The van der Waals surface area contributed by atoms with Gasteiger partial charge in [-0.2, -0.15) is 0 Å². The van der Waals surface area contributed by atoms with E-state index in [1.807, 2.05) is 6.92 Å². The summed E-state index contributed by atoms with van der Waals surface area (Å²) >= 11 is 7.59. The summed E-state index contributed by atoms with van der Waals surface area (Å²) in [5.74, 6) is -0.569. The number of carbonyl (C=O) groups excluding carboxylic acids is 2. The molecule has 1 aliphatic rings. The minimum atomic E-state index is -0.555.